The molecule has 0 aromatic rings. The van der Waals surface area contributed by atoms with Gasteiger partial charge in [0.15, 0.2) is 0 Å². The third-order valence-corrected chi connectivity index (χ3v) is 1.80. The smallest absolute Gasteiger partial charge is 0.392 e. The first-order chi connectivity index (χ1) is 5.46. The maximum atomic E-state index is 11.9. The zero-order valence-corrected chi connectivity index (χ0v) is 6.52. The predicted molar refractivity (Wildman–Crippen MR) is 34.3 cm³/mol. The number of esters is 1. The summed E-state index contributed by atoms with van der Waals surface area (Å²) in [4.78, 5) is 10.7. The van der Waals surface area contributed by atoms with Gasteiger partial charge in [0.05, 0.1) is 18.4 Å². The summed E-state index contributed by atoms with van der Waals surface area (Å²) in [5, 5.41) is 0. The zero-order chi connectivity index (χ0) is 9.35. The highest BCUT2D eigenvalue weighted by Gasteiger charge is 2.59. The van der Waals surface area contributed by atoms with Gasteiger partial charge in [0.1, 0.15) is 0 Å². The fraction of sp³-hybridized carbons (Fsp3) is 0.857. The standard InChI is InChI=1S/C7H9F3O2/c1-2-12-6(11)4-3-5(4)7(8,9)10/h4-5H,2-3H2,1H3/t4-,5+/m1/s1. The Hall–Kier alpha value is -0.740. The molecule has 5 heteroatoms. The van der Waals surface area contributed by atoms with Crippen LogP contribution in [0.5, 0.6) is 0 Å². The predicted octanol–water partition coefficient (Wildman–Crippen LogP) is 1.75. The van der Waals surface area contributed by atoms with Crippen molar-refractivity contribution < 1.29 is 22.7 Å². The normalized spacial score (nSPS) is 28.3. The summed E-state index contributed by atoms with van der Waals surface area (Å²) in [6, 6.07) is 0. The molecule has 0 radical (unpaired) electrons. The molecule has 0 saturated heterocycles. The van der Waals surface area contributed by atoms with Gasteiger partial charge in [-0.15, -0.1) is 0 Å². The number of carbonyl (C=O) groups excluding carboxylic acids is 1. The van der Waals surface area contributed by atoms with E-state index >= 15 is 0 Å². The summed E-state index contributed by atoms with van der Waals surface area (Å²) in [5.41, 5.74) is 0. The molecule has 1 fully saturated rings. The van der Waals surface area contributed by atoms with E-state index in [2.05, 4.69) is 4.74 Å². The molecule has 0 aliphatic heterocycles. The first-order valence-corrected chi connectivity index (χ1v) is 3.70. The largest absolute Gasteiger partial charge is 0.466 e. The summed E-state index contributed by atoms with van der Waals surface area (Å²) in [6.07, 6.45) is -4.35. The maximum absolute atomic E-state index is 11.9. The van der Waals surface area contributed by atoms with Crippen molar-refractivity contribution in [1.82, 2.24) is 0 Å². The highest BCUT2D eigenvalue weighted by molar-refractivity contribution is 5.75. The van der Waals surface area contributed by atoms with Gasteiger partial charge >= 0.3 is 12.1 Å². The molecule has 0 unspecified atom stereocenters. The fourth-order valence-electron chi connectivity index (χ4n) is 1.07. The minimum atomic E-state index is -4.24. The molecule has 0 aromatic heterocycles. The molecular weight excluding hydrogens is 173 g/mol. The van der Waals surface area contributed by atoms with Crippen molar-refractivity contribution in [2.24, 2.45) is 11.8 Å². The van der Waals surface area contributed by atoms with Crippen LogP contribution in [0.15, 0.2) is 0 Å². The molecular formula is C7H9F3O2. The molecule has 1 aliphatic carbocycles. The molecule has 12 heavy (non-hydrogen) atoms. The van der Waals surface area contributed by atoms with Gasteiger partial charge in [-0.25, -0.2) is 0 Å². The number of hydrogen-bond donors (Lipinski definition) is 0. The highest BCUT2D eigenvalue weighted by atomic mass is 19.4. The van der Waals surface area contributed by atoms with Crippen LogP contribution in [0, 0.1) is 11.8 Å². The van der Waals surface area contributed by atoms with Crippen molar-refractivity contribution in [3.8, 4) is 0 Å². The Kier molecular flexibility index (Phi) is 2.30. The Morgan fingerprint density at radius 2 is 2.17 bits per heavy atom. The molecule has 1 aliphatic rings. The lowest BCUT2D eigenvalue weighted by Crippen LogP contribution is -2.16. The molecule has 0 aromatic carbocycles. The number of rotatable bonds is 2. The number of alkyl halides is 3. The molecule has 2 nitrogen and oxygen atoms in total. The van der Waals surface area contributed by atoms with E-state index in [9.17, 15) is 18.0 Å². The van der Waals surface area contributed by atoms with Gasteiger partial charge in [0, 0.05) is 0 Å². The van der Waals surface area contributed by atoms with Crippen molar-refractivity contribution >= 4 is 5.97 Å². The van der Waals surface area contributed by atoms with Gasteiger partial charge in [-0.2, -0.15) is 13.2 Å². The number of ether oxygens (including phenoxy) is 1. The Balaban J connectivity index is 2.37. The van der Waals surface area contributed by atoms with Gasteiger partial charge in [0.25, 0.3) is 0 Å². The van der Waals surface area contributed by atoms with Crippen molar-refractivity contribution in [3.63, 3.8) is 0 Å². The average Bonchev–Trinajstić information content (AvgIpc) is 2.62. The zero-order valence-electron chi connectivity index (χ0n) is 6.52. The second-order valence-electron chi connectivity index (χ2n) is 2.74. The first kappa shape index (κ1) is 9.35. The molecule has 70 valence electrons. The topological polar surface area (TPSA) is 26.3 Å². The lowest BCUT2D eigenvalue weighted by Gasteiger charge is -2.04. The molecule has 0 spiro atoms. The molecule has 0 amide bonds. The monoisotopic (exact) mass is 182 g/mol. The number of carbonyl (C=O) groups is 1. The Morgan fingerprint density at radius 1 is 1.58 bits per heavy atom. The van der Waals surface area contributed by atoms with Gasteiger partial charge < -0.3 is 4.74 Å². The average molecular weight is 182 g/mol. The van der Waals surface area contributed by atoms with Crippen molar-refractivity contribution in [2.75, 3.05) is 6.61 Å². The van der Waals surface area contributed by atoms with E-state index in [1.54, 1.807) is 6.92 Å². The van der Waals surface area contributed by atoms with Crippen LogP contribution in [-0.4, -0.2) is 18.8 Å². The van der Waals surface area contributed by atoms with E-state index in [0.717, 1.165) is 0 Å². The van der Waals surface area contributed by atoms with Gasteiger partial charge in [-0.05, 0) is 13.3 Å². The fourth-order valence-corrected chi connectivity index (χ4v) is 1.07. The van der Waals surface area contributed by atoms with Crippen LogP contribution in [0.25, 0.3) is 0 Å². The van der Waals surface area contributed by atoms with E-state index in [1.165, 1.54) is 0 Å². The summed E-state index contributed by atoms with van der Waals surface area (Å²) < 4.78 is 40.1. The second kappa shape index (κ2) is 2.95. The van der Waals surface area contributed by atoms with Crippen LogP contribution in [-0.2, 0) is 9.53 Å². The second-order valence-corrected chi connectivity index (χ2v) is 2.74. The van der Waals surface area contributed by atoms with Crippen LogP contribution in [0.1, 0.15) is 13.3 Å². The van der Waals surface area contributed by atoms with E-state index in [4.69, 9.17) is 0 Å². The van der Waals surface area contributed by atoms with E-state index < -0.39 is 24.0 Å². The highest BCUT2D eigenvalue weighted by Crippen LogP contribution is 2.50. The quantitative estimate of drug-likeness (QED) is 0.608. The van der Waals surface area contributed by atoms with E-state index in [0.29, 0.717) is 0 Å². The van der Waals surface area contributed by atoms with Crippen LogP contribution in [0.2, 0.25) is 0 Å². The summed E-state index contributed by atoms with van der Waals surface area (Å²) >= 11 is 0. The van der Waals surface area contributed by atoms with Crippen molar-refractivity contribution in [3.05, 3.63) is 0 Å². The first-order valence-electron chi connectivity index (χ1n) is 3.70. The minimum absolute atomic E-state index is 0.109. The lowest BCUT2D eigenvalue weighted by atomic mass is 10.3. The van der Waals surface area contributed by atoms with Crippen LogP contribution in [0.4, 0.5) is 13.2 Å². The molecule has 0 bridgehead atoms. The third kappa shape index (κ3) is 1.89. The Morgan fingerprint density at radius 3 is 2.50 bits per heavy atom. The lowest BCUT2D eigenvalue weighted by molar-refractivity contribution is -0.162. The number of halogens is 3. The van der Waals surface area contributed by atoms with Crippen molar-refractivity contribution in [1.29, 1.82) is 0 Å². The SMILES string of the molecule is CCOC(=O)[C@@H]1C[C@@H]1C(F)(F)F. The van der Waals surface area contributed by atoms with Gasteiger partial charge in [-0.1, -0.05) is 0 Å². The molecule has 1 rings (SSSR count). The van der Waals surface area contributed by atoms with Crippen molar-refractivity contribution in [2.45, 2.75) is 19.5 Å². The molecule has 2 atom stereocenters. The van der Waals surface area contributed by atoms with Crippen LogP contribution >= 0.6 is 0 Å². The van der Waals surface area contributed by atoms with Crippen LogP contribution in [0.3, 0.4) is 0 Å². The Labute approximate surface area is 67.7 Å². The minimum Gasteiger partial charge on any atom is -0.466 e. The van der Waals surface area contributed by atoms with Crippen LogP contribution < -0.4 is 0 Å². The van der Waals surface area contributed by atoms with Gasteiger partial charge in [-0.3, -0.25) is 4.79 Å². The number of hydrogen-bond acceptors (Lipinski definition) is 2. The summed E-state index contributed by atoms with van der Waals surface area (Å²) in [6.45, 7) is 1.71. The van der Waals surface area contributed by atoms with Gasteiger partial charge in [0.2, 0.25) is 0 Å². The van der Waals surface area contributed by atoms with E-state index in [1.807, 2.05) is 0 Å². The molecule has 0 heterocycles. The maximum Gasteiger partial charge on any atom is 0.392 e. The molecule has 1 saturated carbocycles. The summed E-state index contributed by atoms with van der Waals surface area (Å²) in [7, 11) is 0. The van der Waals surface area contributed by atoms with E-state index in [-0.39, 0.29) is 13.0 Å². The summed E-state index contributed by atoms with van der Waals surface area (Å²) in [5.74, 6) is -3.12. The third-order valence-electron chi connectivity index (χ3n) is 1.80. The Bertz CT molecular complexity index is 188. The molecule has 0 N–H and O–H groups in total.